The zero-order valence-electron chi connectivity index (χ0n) is 21.9. The van der Waals surface area contributed by atoms with E-state index in [4.69, 9.17) is 23.9 Å². The Hall–Kier alpha value is -4.14. The Bertz CT molecular complexity index is 1390. The van der Waals surface area contributed by atoms with Crippen LogP contribution in [0.15, 0.2) is 43.0 Å². The number of ether oxygens (including phenoxy) is 4. The molecule has 0 atom stereocenters. The third kappa shape index (κ3) is 5.35. The van der Waals surface area contributed by atoms with Gasteiger partial charge in [-0.05, 0) is 30.2 Å². The van der Waals surface area contributed by atoms with Crippen LogP contribution in [0.3, 0.4) is 0 Å². The van der Waals surface area contributed by atoms with Gasteiger partial charge in [0.25, 0.3) is 0 Å². The molecule has 0 N–H and O–H groups in total. The van der Waals surface area contributed by atoms with Crippen LogP contribution in [0.4, 0.5) is 0 Å². The lowest BCUT2D eigenvalue weighted by molar-refractivity contribution is 0.0978. The van der Waals surface area contributed by atoms with Gasteiger partial charge in [0, 0.05) is 29.0 Å². The van der Waals surface area contributed by atoms with Gasteiger partial charge in [-0.15, -0.1) is 0 Å². The van der Waals surface area contributed by atoms with Crippen molar-refractivity contribution in [2.45, 2.75) is 39.2 Å². The third-order valence-corrected chi connectivity index (χ3v) is 6.30. The second kappa shape index (κ2) is 11.7. The maximum Gasteiger partial charge on any atom is 0.165 e. The second-order valence-electron chi connectivity index (χ2n) is 8.58. The number of aromatic nitrogens is 4. The van der Waals surface area contributed by atoms with Gasteiger partial charge in [-0.3, -0.25) is 4.79 Å². The van der Waals surface area contributed by atoms with Crippen molar-refractivity contribution in [3.05, 3.63) is 54.2 Å². The fourth-order valence-electron chi connectivity index (χ4n) is 4.48. The van der Waals surface area contributed by atoms with Crippen molar-refractivity contribution in [3.63, 3.8) is 0 Å². The number of hydrogen-bond donors (Lipinski definition) is 0. The SMILES string of the molecule is CCCCCC(=O)c1c(Cn2cncn2)nc2cc(OC)c(OC)cc2c1-c1ccc(OC)c(OC)c1. The highest BCUT2D eigenvalue weighted by Crippen LogP contribution is 2.42. The molecule has 0 bridgehead atoms. The van der Waals surface area contributed by atoms with Crippen LogP contribution in [0.25, 0.3) is 22.0 Å². The van der Waals surface area contributed by atoms with Crippen LogP contribution < -0.4 is 18.9 Å². The fraction of sp³-hybridized carbons (Fsp3) is 0.357. The van der Waals surface area contributed by atoms with Crippen LogP contribution >= 0.6 is 0 Å². The average molecular weight is 505 g/mol. The van der Waals surface area contributed by atoms with Crippen LogP contribution in [0, 0.1) is 0 Å². The van der Waals surface area contributed by atoms with Crippen molar-refractivity contribution in [1.29, 1.82) is 0 Å². The summed E-state index contributed by atoms with van der Waals surface area (Å²) in [4.78, 5) is 22.9. The lowest BCUT2D eigenvalue weighted by Crippen LogP contribution is -2.13. The summed E-state index contributed by atoms with van der Waals surface area (Å²) in [5.41, 5.74) is 3.39. The van der Waals surface area contributed by atoms with Crippen molar-refractivity contribution in [1.82, 2.24) is 19.7 Å². The van der Waals surface area contributed by atoms with Gasteiger partial charge in [-0.1, -0.05) is 25.8 Å². The van der Waals surface area contributed by atoms with E-state index in [1.807, 2.05) is 30.3 Å². The quantitative estimate of drug-likeness (QED) is 0.188. The molecular weight excluding hydrogens is 472 g/mol. The number of ketones is 1. The Morgan fingerprint density at radius 2 is 1.59 bits per heavy atom. The maximum absolute atomic E-state index is 13.9. The van der Waals surface area contributed by atoms with E-state index in [-0.39, 0.29) is 5.78 Å². The highest BCUT2D eigenvalue weighted by molar-refractivity contribution is 6.11. The Morgan fingerprint density at radius 3 is 2.24 bits per heavy atom. The highest BCUT2D eigenvalue weighted by Gasteiger charge is 2.25. The van der Waals surface area contributed by atoms with Gasteiger partial charge < -0.3 is 18.9 Å². The van der Waals surface area contributed by atoms with Crippen molar-refractivity contribution in [2.24, 2.45) is 0 Å². The Labute approximate surface area is 216 Å². The summed E-state index contributed by atoms with van der Waals surface area (Å²) in [5, 5.41) is 5.02. The number of Topliss-reactive ketones (excluding diaryl/α,β-unsaturated/α-hetero) is 1. The number of pyridine rings is 1. The molecule has 0 spiro atoms. The van der Waals surface area contributed by atoms with Crippen LogP contribution in [0.2, 0.25) is 0 Å². The number of methoxy groups -OCH3 is 4. The van der Waals surface area contributed by atoms with E-state index in [1.54, 1.807) is 39.4 Å². The molecule has 0 saturated carbocycles. The first kappa shape index (κ1) is 25.9. The largest absolute Gasteiger partial charge is 0.493 e. The van der Waals surface area contributed by atoms with Gasteiger partial charge in [0.05, 0.1) is 46.2 Å². The first-order valence-electron chi connectivity index (χ1n) is 12.2. The van der Waals surface area contributed by atoms with Crippen molar-refractivity contribution in [2.75, 3.05) is 28.4 Å². The molecule has 2 aromatic carbocycles. The zero-order valence-corrected chi connectivity index (χ0v) is 21.9. The van der Waals surface area contributed by atoms with Gasteiger partial charge in [0.1, 0.15) is 12.7 Å². The fourth-order valence-corrected chi connectivity index (χ4v) is 4.48. The number of carbonyl (C=O) groups excluding carboxylic acids is 1. The minimum absolute atomic E-state index is 0.0255. The number of hydrogen-bond acceptors (Lipinski definition) is 8. The van der Waals surface area contributed by atoms with Gasteiger partial charge in [-0.25, -0.2) is 14.6 Å². The molecule has 0 amide bonds. The molecule has 0 saturated heterocycles. The maximum atomic E-state index is 13.9. The normalized spacial score (nSPS) is 10.9. The van der Waals surface area contributed by atoms with Crippen molar-refractivity contribution >= 4 is 16.7 Å². The molecule has 0 unspecified atom stereocenters. The van der Waals surface area contributed by atoms with Crippen LogP contribution in [0.5, 0.6) is 23.0 Å². The summed E-state index contributed by atoms with van der Waals surface area (Å²) in [5.74, 6) is 2.29. The average Bonchev–Trinajstić information content (AvgIpc) is 3.44. The number of carbonyl (C=O) groups is 1. The Balaban J connectivity index is 2.06. The molecule has 9 nitrogen and oxygen atoms in total. The lowest BCUT2D eigenvalue weighted by atomic mass is 9.89. The Morgan fingerprint density at radius 1 is 0.892 bits per heavy atom. The summed E-state index contributed by atoms with van der Waals surface area (Å²) in [6.07, 6.45) is 6.29. The number of rotatable bonds is 12. The molecular formula is C28H32N4O5. The molecule has 0 radical (unpaired) electrons. The smallest absolute Gasteiger partial charge is 0.165 e. The standard InChI is InChI=1S/C28H32N4O5/c1-6-7-8-9-22(33)28-21(15-32-17-29-16-30-32)31-20-14-26(37-5)25(36-4)13-19(20)27(28)18-10-11-23(34-2)24(12-18)35-3/h10-14,16-17H,6-9,15H2,1-5H3. The molecule has 2 heterocycles. The third-order valence-electron chi connectivity index (χ3n) is 6.30. The summed E-state index contributed by atoms with van der Waals surface area (Å²) in [6, 6.07) is 9.34. The molecule has 0 aliphatic heterocycles. The summed E-state index contributed by atoms with van der Waals surface area (Å²) in [6.45, 7) is 2.41. The molecule has 37 heavy (non-hydrogen) atoms. The van der Waals surface area contributed by atoms with E-state index in [0.717, 1.165) is 35.8 Å². The zero-order chi connectivity index (χ0) is 26.4. The van der Waals surface area contributed by atoms with E-state index in [9.17, 15) is 4.79 Å². The first-order valence-corrected chi connectivity index (χ1v) is 12.2. The van der Waals surface area contributed by atoms with E-state index in [1.165, 1.54) is 6.33 Å². The summed E-state index contributed by atoms with van der Waals surface area (Å²) in [7, 11) is 6.35. The van der Waals surface area contributed by atoms with E-state index in [2.05, 4.69) is 17.0 Å². The van der Waals surface area contributed by atoms with Crippen LogP contribution in [-0.4, -0.2) is 54.0 Å². The molecule has 9 heteroatoms. The molecule has 0 aliphatic rings. The minimum Gasteiger partial charge on any atom is -0.493 e. The van der Waals surface area contributed by atoms with Gasteiger partial charge in [0.2, 0.25) is 0 Å². The molecule has 2 aromatic heterocycles. The van der Waals surface area contributed by atoms with Crippen molar-refractivity contribution < 1.29 is 23.7 Å². The highest BCUT2D eigenvalue weighted by atomic mass is 16.5. The number of nitrogens with zero attached hydrogens (tertiary/aromatic N) is 4. The first-order chi connectivity index (χ1) is 18.0. The van der Waals surface area contributed by atoms with Crippen LogP contribution in [0.1, 0.15) is 48.7 Å². The van der Waals surface area contributed by atoms with Crippen molar-refractivity contribution in [3.8, 4) is 34.1 Å². The number of fused-ring (bicyclic) bond motifs is 1. The summed E-state index contributed by atoms with van der Waals surface area (Å²) >= 11 is 0. The topological polar surface area (TPSA) is 97.6 Å². The lowest BCUT2D eigenvalue weighted by Gasteiger charge is -2.19. The molecule has 194 valence electrons. The van der Waals surface area contributed by atoms with Gasteiger partial charge >= 0.3 is 0 Å². The second-order valence-corrected chi connectivity index (χ2v) is 8.58. The monoisotopic (exact) mass is 504 g/mol. The number of benzene rings is 2. The van der Waals surface area contributed by atoms with Gasteiger partial charge in [0.15, 0.2) is 28.8 Å². The van der Waals surface area contributed by atoms with E-state index < -0.39 is 0 Å². The minimum atomic E-state index is 0.0255. The molecule has 0 aliphatic carbocycles. The van der Waals surface area contributed by atoms with Gasteiger partial charge in [-0.2, -0.15) is 5.10 Å². The molecule has 4 rings (SSSR count). The molecule has 4 aromatic rings. The summed E-state index contributed by atoms with van der Waals surface area (Å²) < 4.78 is 23.9. The molecule has 0 fully saturated rings. The predicted octanol–water partition coefficient (Wildman–Crippen LogP) is 5.34. The Kier molecular flexibility index (Phi) is 8.22. The number of unbranched alkanes of at least 4 members (excludes halogenated alkanes) is 2. The van der Waals surface area contributed by atoms with E-state index >= 15 is 0 Å². The van der Waals surface area contributed by atoms with E-state index in [0.29, 0.717) is 52.7 Å². The van der Waals surface area contributed by atoms with Crippen LogP contribution in [-0.2, 0) is 6.54 Å². The predicted molar refractivity (Wildman–Crippen MR) is 141 cm³/mol.